The number of thiophene rings is 1. The lowest BCUT2D eigenvalue weighted by Gasteiger charge is -2.34. The Labute approximate surface area is 153 Å². The van der Waals surface area contributed by atoms with Crippen molar-refractivity contribution in [1.29, 1.82) is 0 Å². The van der Waals surface area contributed by atoms with Crippen molar-refractivity contribution in [2.45, 2.75) is 31.7 Å². The first kappa shape index (κ1) is 17.8. The van der Waals surface area contributed by atoms with Gasteiger partial charge in [0.2, 0.25) is 0 Å². The van der Waals surface area contributed by atoms with Gasteiger partial charge in [-0.3, -0.25) is 9.67 Å². The molecule has 0 amide bonds. The third-order valence-electron chi connectivity index (χ3n) is 4.73. The lowest BCUT2D eigenvalue weighted by atomic mass is 10.0. The summed E-state index contributed by atoms with van der Waals surface area (Å²) in [6.45, 7) is 5.19. The smallest absolute Gasteiger partial charge is 0.191 e. The van der Waals surface area contributed by atoms with Gasteiger partial charge in [0.15, 0.2) is 5.96 Å². The molecule has 1 saturated heterocycles. The van der Waals surface area contributed by atoms with E-state index < -0.39 is 0 Å². The van der Waals surface area contributed by atoms with Crippen molar-refractivity contribution in [2.75, 3.05) is 31.6 Å². The minimum atomic E-state index is 0.400. The maximum Gasteiger partial charge on any atom is 0.191 e. The Morgan fingerprint density at radius 2 is 2.40 bits per heavy atom. The summed E-state index contributed by atoms with van der Waals surface area (Å²) in [7, 11) is 3.80. The number of rotatable bonds is 5. The average Bonchev–Trinajstić information content (AvgIpc) is 3.30. The molecular formula is C18H28N6S. The lowest BCUT2D eigenvalue weighted by Crippen LogP contribution is -2.51. The van der Waals surface area contributed by atoms with Crippen molar-refractivity contribution >= 4 is 23.0 Å². The first-order valence-electron chi connectivity index (χ1n) is 8.88. The van der Waals surface area contributed by atoms with E-state index in [0.29, 0.717) is 12.0 Å². The van der Waals surface area contributed by atoms with Crippen LogP contribution in [0.25, 0.3) is 0 Å². The molecule has 1 aliphatic rings. The van der Waals surface area contributed by atoms with Gasteiger partial charge >= 0.3 is 0 Å². The van der Waals surface area contributed by atoms with E-state index in [9.17, 15) is 0 Å². The van der Waals surface area contributed by atoms with Crippen LogP contribution in [0.2, 0.25) is 0 Å². The summed E-state index contributed by atoms with van der Waals surface area (Å²) in [5.74, 6) is 1.36. The van der Waals surface area contributed by atoms with E-state index in [1.165, 1.54) is 17.7 Å². The van der Waals surface area contributed by atoms with Gasteiger partial charge in [0.1, 0.15) is 0 Å². The molecule has 136 valence electrons. The first-order valence-corrected chi connectivity index (χ1v) is 9.83. The highest BCUT2D eigenvalue weighted by molar-refractivity contribution is 7.07. The predicted octanol–water partition coefficient (Wildman–Crippen LogP) is 2.42. The second-order valence-electron chi connectivity index (χ2n) is 6.71. The minimum Gasteiger partial charge on any atom is -0.367 e. The summed E-state index contributed by atoms with van der Waals surface area (Å²) in [4.78, 5) is 6.80. The van der Waals surface area contributed by atoms with E-state index >= 15 is 0 Å². The fourth-order valence-corrected chi connectivity index (χ4v) is 3.99. The number of nitrogens with one attached hydrogen (secondary N) is 2. The van der Waals surface area contributed by atoms with E-state index in [1.54, 1.807) is 11.3 Å². The topological polar surface area (TPSA) is 57.5 Å². The monoisotopic (exact) mass is 360 g/mol. The fourth-order valence-electron chi connectivity index (χ4n) is 3.21. The summed E-state index contributed by atoms with van der Waals surface area (Å²) in [5.41, 5.74) is 2.58. The zero-order valence-electron chi connectivity index (χ0n) is 15.3. The van der Waals surface area contributed by atoms with Crippen molar-refractivity contribution in [3.05, 3.63) is 34.8 Å². The molecule has 25 heavy (non-hydrogen) atoms. The molecule has 7 heteroatoms. The number of hydrogen-bond acceptors (Lipinski definition) is 4. The normalized spacial score (nSPS) is 19.7. The minimum absolute atomic E-state index is 0.400. The molecule has 3 rings (SSSR count). The summed E-state index contributed by atoms with van der Waals surface area (Å²) in [6, 6.07) is 2.59. The van der Waals surface area contributed by atoms with E-state index in [4.69, 9.17) is 0 Å². The van der Waals surface area contributed by atoms with Crippen LogP contribution < -0.4 is 15.5 Å². The zero-order valence-corrected chi connectivity index (χ0v) is 16.1. The Kier molecular flexibility index (Phi) is 5.96. The number of hydrogen-bond donors (Lipinski definition) is 2. The van der Waals surface area contributed by atoms with Gasteiger partial charge < -0.3 is 15.5 Å². The molecule has 2 atom stereocenters. The summed E-state index contributed by atoms with van der Waals surface area (Å²) in [6.07, 6.45) is 6.36. The number of anilines is 1. The number of piperidine rings is 1. The van der Waals surface area contributed by atoms with Crippen LogP contribution in [0.5, 0.6) is 0 Å². The van der Waals surface area contributed by atoms with Crippen molar-refractivity contribution < 1.29 is 0 Å². The van der Waals surface area contributed by atoms with Crippen LogP contribution in [-0.2, 0) is 7.05 Å². The van der Waals surface area contributed by atoms with Crippen LogP contribution in [0.3, 0.4) is 0 Å². The Balaban J connectivity index is 1.51. The number of aryl methyl sites for hydroxylation is 1. The van der Waals surface area contributed by atoms with Gasteiger partial charge in [0.25, 0.3) is 0 Å². The second-order valence-corrected chi connectivity index (χ2v) is 7.49. The number of nitrogens with zero attached hydrogens (tertiary/aromatic N) is 4. The molecule has 2 aromatic heterocycles. The molecule has 3 heterocycles. The predicted molar refractivity (Wildman–Crippen MR) is 106 cm³/mol. The Bertz CT molecular complexity index is 678. The number of aliphatic imine (C=N–C) groups is 1. The van der Waals surface area contributed by atoms with E-state index in [0.717, 1.165) is 32.0 Å². The van der Waals surface area contributed by atoms with Crippen molar-refractivity contribution in [2.24, 2.45) is 12.0 Å². The molecule has 0 saturated carbocycles. The second kappa shape index (κ2) is 8.38. The van der Waals surface area contributed by atoms with Gasteiger partial charge in [-0.25, -0.2) is 0 Å². The van der Waals surface area contributed by atoms with Gasteiger partial charge in [-0.15, -0.1) is 0 Å². The molecule has 2 unspecified atom stereocenters. The number of guanidine groups is 1. The Morgan fingerprint density at radius 3 is 3.08 bits per heavy atom. The number of aromatic nitrogens is 2. The molecular weight excluding hydrogens is 332 g/mol. The molecule has 6 nitrogen and oxygen atoms in total. The van der Waals surface area contributed by atoms with Crippen LogP contribution in [0.15, 0.2) is 34.2 Å². The van der Waals surface area contributed by atoms with Gasteiger partial charge in [0, 0.05) is 46.0 Å². The molecule has 0 spiro atoms. The van der Waals surface area contributed by atoms with Crippen LogP contribution >= 0.6 is 11.3 Å². The van der Waals surface area contributed by atoms with Crippen molar-refractivity contribution in [3.63, 3.8) is 0 Å². The summed E-state index contributed by atoms with van der Waals surface area (Å²) < 4.78 is 1.86. The van der Waals surface area contributed by atoms with Crippen LogP contribution in [0, 0.1) is 0 Å². The van der Waals surface area contributed by atoms with E-state index in [2.05, 4.69) is 55.6 Å². The highest BCUT2D eigenvalue weighted by atomic mass is 32.1. The van der Waals surface area contributed by atoms with Gasteiger partial charge in [-0.05, 0) is 41.1 Å². The van der Waals surface area contributed by atoms with Crippen molar-refractivity contribution in [1.82, 2.24) is 20.4 Å². The Hall–Kier alpha value is -2.02. The van der Waals surface area contributed by atoms with Gasteiger partial charge in [-0.2, -0.15) is 16.4 Å². The van der Waals surface area contributed by atoms with E-state index in [1.807, 2.05) is 25.0 Å². The van der Waals surface area contributed by atoms with Crippen molar-refractivity contribution in [3.8, 4) is 0 Å². The quantitative estimate of drug-likeness (QED) is 0.635. The summed E-state index contributed by atoms with van der Waals surface area (Å²) >= 11 is 1.75. The average molecular weight is 361 g/mol. The fraction of sp³-hybridized carbons (Fsp3) is 0.556. The van der Waals surface area contributed by atoms with Crippen LogP contribution in [0.1, 0.15) is 31.2 Å². The third kappa shape index (κ3) is 4.75. The molecule has 2 N–H and O–H groups in total. The molecule has 0 aliphatic carbocycles. The maximum atomic E-state index is 4.40. The largest absolute Gasteiger partial charge is 0.367 e. The van der Waals surface area contributed by atoms with Crippen LogP contribution in [-0.4, -0.2) is 48.5 Å². The van der Waals surface area contributed by atoms with Gasteiger partial charge in [0.05, 0.1) is 11.9 Å². The molecule has 1 aliphatic heterocycles. The molecule has 0 bridgehead atoms. The standard InChI is InChI=1S/C18H28N6S/c1-14(15-6-8-25-13-15)9-20-18(19-2)22-16-5-4-7-24(11-16)17-10-21-23(3)12-17/h6,8,10,12-14,16H,4-5,7,9,11H2,1-3H3,(H2,19,20,22). The SMILES string of the molecule is CN=C(NCC(C)c1ccsc1)NC1CCCN(c2cnn(C)c2)C1. The molecule has 1 fully saturated rings. The third-order valence-corrected chi connectivity index (χ3v) is 5.43. The van der Waals surface area contributed by atoms with Gasteiger partial charge in [-0.1, -0.05) is 6.92 Å². The lowest BCUT2D eigenvalue weighted by molar-refractivity contribution is 0.467. The molecule has 2 aromatic rings. The first-order chi connectivity index (χ1) is 12.2. The molecule has 0 radical (unpaired) electrons. The van der Waals surface area contributed by atoms with E-state index in [-0.39, 0.29) is 0 Å². The van der Waals surface area contributed by atoms with Crippen LogP contribution in [0.4, 0.5) is 5.69 Å². The Morgan fingerprint density at radius 1 is 1.52 bits per heavy atom. The molecule has 0 aromatic carbocycles. The highest BCUT2D eigenvalue weighted by Crippen LogP contribution is 2.19. The highest BCUT2D eigenvalue weighted by Gasteiger charge is 2.22. The maximum absolute atomic E-state index is 4.40. The summed E-state index contributed by atoms with van der Waals surface area (Å²) in [5, 5.41) is 15.7. The zero-order chi connectivity index (χ0) is 17.6.